The van der Waals surface area contributed by atoms with Gasteiger partial charge in [-0.3, -0.25) is 0 Å². The predicted molar refractivity (Wildman–Crippen MR) is 95.0 cm³/mol. The number of Topliss-reactive ketones (excluding diaryl/α,β-unsaturated/α-hetero) is 1. The van der Waals surface area contributed by atoms with Crippen LogP contribution in [0.1, 0.15) is 54.9 Å². The van der Waals surface area contributed by atoms with Crippen LogP contribution in [0.4, 0.5) is 0 Å². The van der Waals surface area contributed by atoms with Gasteiger partial charge in [-0.2, -0.15) is 0 Å². The fourth-order valence-electron chi connectivity index (χ4n) is 4.25. The SMILES string of the molecule is CCC1OC(C)[C@H]([Rb])C(C)[C@H]1O[C@@H]1OC(C(C)=O)[C@@H](C)[C@H](C)C1C. The third-order valence-corrected chi connectivity index (χ3v) is 11.7. The molecule has 0 amide bonds. The molecule has 0 spiro atoms. The minimum absolute atomic E-state index is 0.0681. The van der Waals surface area contributed by atoms with Crippen molar-refractivity contribution in [3.05, 3.63) is 0 Å². The zero-order valence-electron chi connectivity index (χ0n) is 16.6. The van der Waals surface area contributed by atoms with E-state index in [1.807, 2.05) is 0 Å². The second-order valence-electron chi connectivity index (χ2n) is 8.22. The molecule has 5 unspecified atom stereocenters. The molecule has 0 N–H and O–H groups in total. The Balaban J connectivity index is 2.16. The van der Waals surface area contributed by atoms with Crippen LogP contribution in [0.5, 0.6) is 0 Å². The van der Waals surface area contributed by atoms with Gasteiger partial charge in [0.1, 0.15) is 0 Å². The van der Waals surface area contributed by atoms with Crippen LogP contribution in [0, 0.1) is 23.7 Å². The van der Waals surface area contributed by atoms with Crippen molar-refractivity contribution in [3.8, 4) is 0 Å². The van der Waals surface area contributed by atoms with Crippen LogP contribution < -0.4 is 0 Å². The summed E-state index contributed by atoms with van der Waals surface area (Å²) in [5, 5.41) is 0. The number of carbonyl (C=O) groups is 1. The minimum atomic E-state index is -0.350. The summed E-state index contributed by atoms with van der Waals surface area (Å²) in [6, 6.07) is 0. The van der Waals surface area contributed by atoms with Gasteiger partial charge >= 0.3 is 189 Å². The van der Waals surface area contributed by atoms with Crippen LogP contribution in [0.15, 0.2) is 0 Å². The van der Waals surface area contributed by atoms with E-state index in [0.717, 1.165) is 6.42 Å². The molecule has 2 heterocycles. The van der Waals surface area contributed by atoms with E-state index in [-0.39, 0.29) is 42.2 Å². The summed E-state index contributed by atoms with van der Waals surface area (Å²) in [6.45, 7) is 14.8. The number of hydrogen-bond acceptors (Lipinski definition) is 4. The summed E-state index contributed by atoms with van der Waals surface area (Å²) < 4.78 is 19.5. The van der Waals surface area contributed by atoms with Gasteiger partial charge < -0.3 is 0 Å². The van der Waals surface area contributed by atoms with Crippen LogP contribution >= 0.6 is 0 Å². The monoisotopic (exact) mass is 410 g/mol. The molecule has 0 aromatic heterocycles. The van der Waals surface area contributed by atoms with E-state index in [1.165, 1.54) is 0 Å². The standard InChI is InChI=1S/C19H33O4.Rb/c1-8-16-17(10(2)9-11(3)21-16)22-19-14(6)12(4)13(5)18(23-19)15(7)20;/h9-14,16-19H,8H2,1-7H3;/t10?,11?,12-,13-,14?,16?,17+,18?,19+;/m0./s1. The number of rotatable bonds is 4. The van der Waals surface area contributed by atoms with Crippen molar-refractivity contribution in [3.63, 3.8) is 0 Å². The maximum absolute atomic E-state index is 12.0. The topological polar surface area (TPSA) is 44.8 Å². The molecule has 0 saturated carbocycles. The molecule has 2 fully saturated rings. The van der Waals surface area contributed by atoms with E-state index in [0.29, 0.717) is 72.5 Å². The summed E-state index contributed by atoms with van der Waals surface area (Å²) in [5.74, 6) is 1.50. The molecule has 2 aliphatic rings. The zero-order chi connectivity index (χ0) is 18.2. The van der Waals surface area contributed by atoms with E-state index < -0.39 is 0 Å². The quantitative estimate of drug-likeness (QED) is 0.712. The average molecular weight is 411 g/mol. The fraction of sp³-hybridized carbons (Fsp3) is 0.947. The van der Waals surface area contributed by atoms with Gasteiger partial charge in [0.15, 0.2) is 0 Å². The molecule has 0 aromatic carbocycles. The first-order valence-electron chi connectivity index (χ1n) is 9.65. The first-order chi connectivity index (χ1) is 11.2. The van der Waals surface area contributed by atoms with Gasteiger partial charge in [-0.05, 0) is 0 Å². The Morgan fingerprint density at radius 1 is 1.00 bits per heavy atom. The van der Waals surface area contributed by atoms with E-state index in [1.54, 1.807) is 6.92 Å². The van der Waals surface area contributed by atoms with Gasteiger partial charge in [-0.15, -0.1) is 0 Å². The molecule has 134 valence electrons. The molecule has 10 atom stereocenters. The van der Waals surface area contributed by atoms with Gasteiger partial charge in [0.25, 0.3) is 0 Å². The second kappa shape index (κ2) is 9.03. The van der Waals surface area contributed by atoms with E-state index in [9.17, 15) is 4.79 Å². The molecule has 5 heteroatoms. The van der Waals surface area contributed by atoms with Crippen LogP contribution in [0.2, 0.25) is -1.01 Å². The van der Waals surface area contributed by atoms with Gasteiger partial charge in [-0.25, -0.2) is 0 Å². The first kappa shape index (κ1) is 21.7. The average Bonchev–Trinajstić information content (AvgIpc) is 2.54. The van der Waals surface area contributed by atoms with Crippen molar-refractivity contribution in [2.45, 2.75) is 84.6 Å². The number of ether oxygens (including phenoxy) is 3. The molecule has 2 saturated heterocycles. The Bertz CT molecular complexity index is 441. The van der Waals surface area contributed by atoms with Crippen LogP contribution in [-0.4, -0.2) is 92.0 Å². The third-order valence-electron chi connectivity index (χ3n) is 6.78. The molecule has 0 bridgehead atoms. The molecule has 2 aliphatic heterocycles. The summed E-state index contributed by atoms with van der Waals surface area (Å²) in [7, 11) is 0. The van der Waals surface area contributed by atoms with Gasteiger partial charge in [0.2, 0.25) is 0 Å². The number of ketones is 1. The first-order valence-corrected chi connectivity index (χ1v) is 12.5. The van der Waals surface area contributed by atoms with E-state index in [2.05, 4.69) is 41.5 Å². The number of hydrogen-bond donors (Lipinski definition) is 0. The zero-order valence-corrected chi connectivity index (χ0v) is 21.5. The molecule has 4 nitrogen and oxygen atoms in total. The van der Waals surface area contributed by atoms with Crippen LogP contribution in [0.3, 0.4) is 0 Å². The summed E-state index contributed by atoms with van der Waals surface area (Å²) in [4.78, 5) is 12.0. The molecule has 0 radical (unpaired) electrons. The molecule has 0 aliphatic carbocycles. The van der Waals surface area contributed by atoms with Crippen LogP contribution in [-0.2, 0) is 19.0 Å². The van der Waals surface area contributed by atoms with Crippen molar-refractivity contribution < 1.29 is 19.0 Å². The Morgan fingerprint density at radius 2 is 1.62 bits per heavy atom. The van der Waals surface area contributed by atoms with Gasteiger partial charge in [-0.1, -0.05) is 0 Å². The third kappa shape index (κ3) is 4.43. The molecular weight excluding hydrogens is 378 g/mol. The molecule has 24 heavy (non-hydrogen) atoms. The molecular formula is C19H33O4Rb. The molecule has 2 rings (SSSR count). The summed E-state index contributed by atoms with van der Waals surface area (Å²) in [5.41, 5.74) is 0. The Morgan fingerprint density at radius 3 is 2.17 bits per heavy atom. The van der Waals surface area contributed by atoms with E-state index in [4.69, 9.17) is 14.2 Å². The fourth-order valence-corrected chi connectivity index (χ4v) is 5.57. The maximum atomic E-state index is 12.0. The Hall–Kier alpha value is 1.36. The van der Waals surface area contributed by atoms with Crippen LogP contribution in [0.25, 0.3) is 0 Å². The number of carbonyl (C=O) groups excluding carboxylic acids is 1. The summed E-state index contributed by atoms with van der Waals surface area (Å²) >= 11 is 0.520. The van der Waals surface area contributed by atoms with E-state index >= 15 is 0 Å². The van der Waals surface area contributed by atoms with Crippen molar-refractivity contribution in [2.75, 3.05) is 0 Å². The van der Waals surface area contributed by atoms with Crippen molar-refractivity contribution in [2.24, 2.45) is 23.7 Å². The Labute approximate surface area is 186 Å². The normalized spacial score (nSPS) is 49.9. The molecule has 0 aromatic rings. The summed E-state index contributed by atoms with van der Waals surface area (Å²) in [6.07, 6.45) is 0.819. The van der Waals surface area contributed by atoms with Crippen molar-refractivity contribution in [1.29, 1.82) is 0 Å². The second-order valence-corrected chi connectivity index (χ2v) is 11.5. The predicted octanol–water partition coefficient (Wildman–Crippen LogP) is 3.38. The van der Waals surface area contributed by atoms with Crippen molar-refractivity contribution in [1.82, 2.24) is 0 Å². The van der Waals surface area contributed by atoms with Gasteiger partial charge in [0, 0.05) is 0 Å². The Kier molecular flexibility index (Phi) is 8.15. The van der Waals surface area contributed by atoms with Crippen molar-refractivity contribution >= 4 is 61.3 Å². The van der Waals surface area contributed by atoms with Gasteiger partial charge in [0.05, 0.1) is 0 Å².